The van der Waals surface area contributed by atoms with Gasteiger partial charge in [-0.05, 0) is 38.7 Å². The third kappa shape index (κ3) is 3.84. The number of rotatable bonds is 7. The van der Waals surface area contributed by atoms with Crippen molar-refractivity contribution in [3.05, 3.63) is 18.0 Å². The first-order chi connectivity index (χ1) is 9.21. The van der Waals surface area contributed by atoms with Crippen LogP contribution in [0.5, 0.6) is 0 Å². The van der Waals surface area contributed by atoms with Crippen LogP contribution in [0.1, 0.15) is 46.2 Å². The Morgan fingerprint density at radius 3 is 2.60 bits per heavy atom. The van der Waals surface area contributed by atoms with Crippen molar-refractivity contribution in [3.63, 3.8) is 0 Å². The number of H-pyrrole nitrogens is 1. The van der Waals surface area contributed by atoms with Crippen molar-refractivity contribution in [2.45, 2.75) is 63.6 Å². The van der Waals surface area contributed by atoms with E-state index in [0.29, 0.717) is 23.4 Å². The second-order valence-corrected chi connectivity index (χ2v) is 8.18. The molecular weight excluding hydrogens is 274 g/mol. The van der Waals surface area contributed by atoms with E-state index >= 15 is 0 Å². The topological polar surface area (TPSA) is 74.0 Å². The minimum absolute atomic E-state index is 0.312. The summed E-state index contributed by atoms with van der Waals surface area (Å²) < 4.78 is 27.6. The zero-order valence-electron chi connectivity index (χ0n) is 12.7. The van der Waals surface area contributed by atoms with Crippen molar-refractivity contribution in [1.29, 1.82) is 0 Å². The highest BCUT2D eigenvalue weighted by Gasteiger charge is 2.40. The monoisotopic (exact) mass is 299 g/mol. The Balaban J connectivity index is 2.06. The number of hydrogen-bond acceptors (Lipinski definition) is 3. The number of aromatic amines is 1. The van der Waals surface area contributed by atoms with Crippen LogP contribution in [0.15, 0.2) is 17.2 Å². The molecule has 1 heterocycles. The average molecular weight is 299 g/mol. The summed E-state index contributed by atoms with van der Waals surface area (Å²) >= 11 is 0. The maximum atomic E-state index is 12.4. The second-order valence-electron chi connectivity index (χ2n) is 6.50. The molecule has 0 amide bonds. The van der Waals surface area contributed by atoms with Crippen molar-refractivity contribution in [2.75, 3.05) is 0 Å². The van der Waals surface area contributed by atoms with E-state index in [2.05, 4.69) is 28.9 Å². The highest BCUT2D eigenvalue weighted by Crippen LogP contribution is 2.39. The number of hydrogen-bond donors (Lipinski definition) is 3. The second kappa shape index (κ2) is 5.50. The predicted molar refractivity (Wildman–Crippen MR) is 79.9 cm³/mol. The van der Waals surface area contributed by atoms with E-state index in [1.807, 2.05) is 13.8 Å². The van der Waals surface area contributed by atoms with Crippen molar-refractivity contribution < 1.29 is 8.42 Å². The van der Waals surface area contributed by atoms with Crippen LogP contribution in [0.3, 0.4) is 0 Å². The van der Waals surface area contributed by atoms with Gasteiger partial charge in [0.15, 0.2) is 0 Å². The van der Waals surface area contributed by atoms with Gasteiger partial charge in [-0.15, -0.1) is 0 Å². The normalized spacial score (nSPS) is 16.9. The first-order valence-electron chi connectivity index (χ1n) is 7.15. The third-order valence-electron chi connectivity index (χ3n) is 3.72. The third-order valence-corrected chi connectivity index (χ3v) is 5.37. The van der Waals surface area contributed by atoms with Gasteiger partial charge in [-0.1, -0.05) is 13.8 Å². The summed E-state index contributed by atoms with van der Waals surface area (Å²) in [5, 5.41) is 3.26. The summed E-state index contributed by atoms with van der Waals surface area (Å²) in [6.07, 6.45) is 3.76. The Hall–Kier alpha value is -0.850. The van der Waals surface area contributed by atoms with E-state index in [1.165, 1.54) is 0 Å². The fourth-order valence-electron chi connectivity index (χ4n) is 2.28. The molecule has 3 N–H and O–H groups in total. The Morgan fingerprint density at radius 1 is 1.40 bits per heavy atom. The molecule has 1 aromatic heterocycles. The van der Waals surface area contributed by atoms with Gasteiger partial charge in [0.2, 0.25) is 10.0 Å². The summed E-state index contributed by atoms with van der Waals surface area (Å²) in [7, 11) is -3.45. The van der Waals surface area contributed by atoms with Crippen molar-refractivity contribution in [2.24, 2.45) is 5.92 Å². The van der Waals surface area contributed by atoms with Crippen LogP contribution in [0, 0.1) is 5.92 Å². The van der Waals surface area contributed by atoms with Crippen LogP contribution in [-0.2, 0) is 16.6 Å². The summed E-state index contributed by atoms with van der Waals surface area (Å²) in [6.45, 7) is 8.66. The number of nitrogens with one attached hydrogen (secondary N) is 3. The van der Waals surface area contributed by atoms with E-state index in [4.69, 9.17) is 0 Å². The molecule has 0 aromatic carbocycles. The molecule has 2 rings (SSSR count). The Kier molecular flexibility index (Phi) is 4.27. The van der Waals surface area contributed by atoms with Gasteiger partial charge in [0.25, 0.3) is 0 Å². The molecule has 0 saturated heterocycles. The highest BCUT2D eigenvalue weighted by atomic mass is 32.2. The molecule has 0 atom stereocenters. The molecule has 6 heteroatoms. The molecule has 0 spiro atoms. The minimum Gasteiger partial charge on any atom is -0.363 e. The molecule has 0 bridgehead atoms. The Bertz CT molecular complexity index is 557. The summed E-state index contributed by atoms with van der Waals surface area (Å²) in [5.41, 5.74) is 0.509. The smallest absolute Gasteiger partial charge is 0.242 e. The summed E-state index contributed by atoms with van der Waals surface area (Å²) in [4.78, 5) is 3.33. The number of aromatic nitrogens is 1. The van der Waals surface area contributed by atoms with Gasteiger partial charge in [-0.2, -0.15) is 0 Å². The predicted octanol–water partition coefficient (Wildman–Crippen LogP) is 1.98. The van der Waals surface area contributed by atoms with Crippen molar-refractivity contribution in [1.82, 2.24) is 15.0 Å². The van der Waals surface area contributed by atoms with Crippen LogP contribution in [-0.4, -0.2) is 25.0 Å². The molecule has 0 aliphatic heterocycles. The van der Waals surface area contributed by atoms with Gasteiger partial charge in [-0.25, -0.2) is 13.1 Å². The zero-order chi connectivity index (χ0) is 15.0. The van der Waals surface area contributed by atoms with E-state index in [1.54, 1.807) is 12.3 Å². The molecule has 5 nitrogen and oxygen atoms in total. The lowest BCUT2D eigenvalue weighted by molar-refractivity contribution is 0.400. The molecular formula is C14H25N3O2S. The van der Waals surface area contributed by atoms with E-state index < -0.39 is 10.0 Å². The summed E-state index contributed by atoms with van der Waals surface area (Å²) in [6, 6.07) is 2.06. The zero-order valence-corrected chi connectivity index (χ0v) is 13.5. The molecule has 1 aliphatic carbocycles. The lowest BCUT2D eigenvalue weighted by atomic mass is 10.0. The summed E-state index contributed by atoms with van der Waals surface area (Å²) in [5.74, 6) is 0.457. The van der Waals surface area contributed by atoms with Crippen LogP contribution in [0.25, 0.3) is 0 Å². The molecule has 114 valence electrons. The molecule has 1 aromatic rings. The Labute approximate surface area is 121 Å². The minimum atomic E-state index is -3.45. The van der Waals surface area contributed by atoms with Gasteiger partial charge in [0.1, 0.15) is 0 Å². The molecule has 1 fully saturated rings. The lowest BCUT2D eigenvalue weighted by Gasteiger charge is -2.25. The van der Waals surface area contributed by atoms with Gasteiger partial charge in [0, 0.05) is 30.0 Å². The standard InChI is InChI=1S/C14H25N3O2S/c1-10(2)15-8-12-7-13(9-16-12)20(18,19)17-14(3,4)11-5-6-11/h7,9-11,15-17H,5-6,8H2,1-4H3. The van der Waals surface area contributed by atoms with Crippen LogP contribution >= 0.6 is 0 Å². The van der Waals surface area contributed by atoms with Crippen LogP contribution < -0.4 is 10.0 Å². The van der Waals surface area contributed by atoms with Gasteiger partial charge >= 0.3 is 0 Å². The molecule has 0 radical (unpaired) electrons. The highest BCUT2D eigenvalue weighted by molar-refractivity contribution is 7.89. The van der Waals surface area contributed by atoms with Gasteiger partial charge in [0.05, 0.1) is 4.90 Å². The maximum absolute atomic E-state index is 12.4. The van der Waals surface area contributed by atoms with Gasteiger partial charge in [-0.3, -0.25) is 0 Å². The molecule has 1 saturated carbocycles. The maximum Gasteiger partial charge on any atom is 0.242 e. The molecule has 0 unspecified atom stereocenters. The van der Waals surface area contributed by atoms with E-state index in [-0.39, 0.29) is 5.54 Å². The number of sulfonamides is 1. The van der Waals surface area contributed by atoms with E-state index in [0.717, 1.165) is 18.5 Å². The fourth-order valence-corrected chi connectivity index (χ4v) is 3.77. The molecule has 1 aliphatic rings. The SMILES string of the molecule is CC(C)NCc1cc(S(=O)(=O)NC(C)(C)C2CC2)c[nH]1. The first-order valence-corrected chi connectivity index (χ1v) is 8.64. The van der Waals surface area contributed by atoms with Gasteiger partial charge < -0.3 is 10.3 Å². The fraction of sp³-hybridized carbons (Fsp3) is 0.714. The molecule has 20 heavy (non-hydrogen) atoms. The largest absolute Gasteiger partial charge is 0.363 e. The van der Waals surface area contributed by atoms with Crippen LogP contribution in [0.4, 0.5) is 0 Å². The Morgan fingerprint density at radius 2 is 2.05 bits per heavy atom. The van der Waals surface area contributed by atoms with Crippen molar-refractivity contribution >= 4 is 10.0 Å². The average Bonchev–Trinajstić information content (AvgIpc) is 3.05. The first kappa shape index (κ1) is 15.5. The van der Waals surface area contributed by atoms with E-state index in [9.17, 15) is 8.42 Å². The van der Waals surface area contributed by atoms with Crippen LogP contribution in [0.2, 0.25) is 0 Å². The lowest BCUT2D eigenvalue weighted by Crippen LogP contribution is -2.44. The quantitative estimate of drug-likeness (QED) is 0.721. The van der Waals surface area contributed by atoms with Crippen molar-refractivity contribution in [3.8, 4) is 0 Å².